The van der Waals surface area contributed by atoms with Gasteiger partial charge in [0.2, 0.25) is 0 Å². The second-order valence-electron chi connectivity index (χ2n) is 4.34. The highest BCUT2D eigenvalue weighted by Gasteiger charge is 2.09. The summed E-state index contributed by atoms with van der Waals surface area (Å²) in [6, 6.07) is 16.0. The zero-order valence-corrected chi connectivity index (χ0v) is 11.5. The van der Waals surface area contributed by atoms with Crippen molar-refractivity contribution in [3.63, 3.8) is 0 Å². The fourth-order valence-corrected chi connectivity index (χ4v) is 2.58. The Bertz CT molecular complexity index is 546. The zero-order chi connectivity index (χ0) is 13.0. The lowest BCUT2D eigenvalue weighted by Crippen LogP contribution is -2.05. The van der Waals surface area contributed by atoms with Crippen LogP contribution in [0.1, 0.15) is 21.5 Å². The highest BCUT2D eigenvalue weighted by Crippen LogP contribution is 2.20. The lowest BCUT2D eigenvalue weighted by molar-refractivity contribution is 0.102. The highest BCUT2D eigenvalue weighted by atomic mass is 32.2. The van der Waals surface area contributed by atoms with Crippen LogP contribution in [0.5, 0.6) is 0 Å². The third-order valence-corrected chi connectivity index (χ3v) is 3.82. The maximum absolute atomic E-state index is 12.2. The van der Waals surface area contributed by atoms with Gasteiger partial charge in [-0.05, 0) is 37.6 Å². The molecule has 0 spiro atoms. The summed E-state index contributed by atoms with van der Waals surface area (Å²) in [4.78, 5) is 13.3. The van der Waals surface area contributed by atoms with Gasteiger partial charge in [0.05, 0.1) is 5.75 Å². The van der Waals surface area contributed by atoms with E-state index in [4.69, 9.17) is 0 Å². The van der Waals surface area contributed by atoms with Crippen LogP contribution in [-0.2, 0) is 0 Å². The van der Waals surface area contributed by atoms with Crippen LogP contribution >= 0.6 is 11.8 Å². The van der Waals surface area contributed by atoms with E-state index in [2.05, 4.69) is 0 Å². The molecule has 0 aliphatic rings. The van der Waals surface area contributed by atoms with E-state index in [1.165, 1.54) is 0 Å². The van der Waals surface area contributed by atoms with Crippen LogP contribution in [0, 0.1) is 13.8 Å². The molecular weight excluding hydrogens is 240 g/mol. The second-order valence-corrected chi connectivity index (χ2v) is 5.39. The first-order valence-corrected chi connectivity index (χ1v) is 6.93. The molecule has 2 rings (SSSR count). The fraction of sp³-hybridized carbons (Fsp3) is 0.188. The molecule has 0 radical (unpaired) electrons. The molecule has 0 fully saturated rings. The van der Waals surface area contributed by atoms with E-state index in [1.54, 1.807) is 11.8 Å². The first-order chi connectivity index (χ1) is 8.66. The smallest absolute Gasteiger partial charge is 0.173 e. The van der Waals surface area contributed by atoms with E-state index < -0.39 is 0 Å². The number of benzene rings is 2. The van der Waals surface area contributed by atoms with Crippen LogP contribution in [-0.4, -0.2) is 11.5 Å². The van der Waals surface area contributed by atoms with Crippen LogP contribution in [0.3, 0.4) is 0 Å². The van der Waals surface area contributed by atoms with Gasteiger partial charge in [-0.3, -0.25) is 4.79 Å². The number of rotatable bonds is 4. The third kappa shape index (κ3) is 3.23. The molecule has 18 heavy (non-hydrogen) atoms. The van der Waals surface area contributed by atoms with Crippen molar-refractivity contribution in [2.24, 2.45) is 0 Å². The topological polar surface area (TPSA) is 17.1 Å². The lowest BCUT2D eigenvalue weighted by Gasteiger charge is -2.06. The van der Waals surface area contributed by atoms with Crippen molar-refractivity contribution < 1.29 is 4.79 Å². The molecule has 0 bridgehead atoms. The number of aryl methyl sites for hydroxylation is 2. The molecular formula is C16H16OS. The molecule has 0 saturated carbocycles. The Labute approximate surface area is 112 Å². The molecule has 1 nitrogen and oxygen atoms in total. The van der Waals surface area contributed by atoms with Crippen molar-refractivity contribution in [3.05, 3.63) is 65.2 Å². The molecule has 2 aromatic carbocycles. The number of thioether (sulfide) groups is 1. The van der Waals surface area contributed by atoms with Gasteiger partial charge in [0.1, 0.15) is 0 Å². The number of hydrogen-bond acceptors (Lipinski definition) is 2. The number of ketones is 1. The van der Waals surface area contributed by atoms with Crippen LogP contribution in [0.15, 0.2) is 53.4 Å². The van der Waals surface area contributed by atoms with Gasteiger partial charge < -0.3 is 0 Å². The van der Waals surface area contributed by atoms with Crippen molar-refractivity contribution in [2.75, 3.05) is 5.75 Å². The summed E-state index contributed by atoms with van der Waals surface area (Å²) in [5.74, 6) is 0.693. The van der Waals surface area contributed by atoms with E-state index in [9.17, 15) is 4.79 Å². The van der Waals surface area contributed by atoms with Gasteiger partial charge in [0, 0.05) is 10.5 Å². The molecule has 0 saturated heterocycles. The molecule has 2 aromatic rings. The molecule has 0 N–H and O–H groups in total. The molecule has 0 unspecified atom stereocenters. The summed E-state index contributed by atoms with van der Waals surface area (Å²) in [7, 11) is 0. The van der Waals surface area contributed by atoms with Crippen molar-refractivity contribution in [3.8, 4) is 0 Å². The molecule has 92 valence electrons. The predicted octanol–water partition coefficient (Wildman–Crippen LogP) is 4.28. The monoisotopic (exact) mass is 256 g/mol. The second kappa shape index (κ2) is 5.87. The van der Waals surface area contributed by atoms with Gasteiger partial charge in [-0.25, -0.2) is 0 Å². The summed E-state index contributed by atoms with van der Waals surface area (Å²) < 4.78 is 0. The fourth-order valence-electron chi connectivity index (χ4n) is 1.78. The first-order valence-electron chi connectivity index (χ1n) is 5.95. The van der Waals surface area contributed by atoms with Crippen LogP contribution in [0.4, 0.5) is 0 Å². The quantitative estimate of drug-likeness (QED) is 0.600. The molecule has 0 aromatic heterocycles. The average molecular weight is 256 g/mol. The number of Topliss-reactive ketones (excluding diaryl/α,β-unsaturated/α-hetero) is 1. The van der Waals surface area contributed by atoms with Crippen LogP contribution in [0.2, 0.25) is 0 Å². The van der Waals surface area contributed by atoms with Gasteiger partial charge in [0.25, 0.3) is 0 Å². The number of hydrogen-bond donors (Lipinski definition) is 0. The molecule has 0 aliphatic heterocycles. The third-order valence-electron chi connectivity index (χ3n) is 2.81. The SMILES string of the molecule is Cc1ccc(C)c(C(=O)CSc2ccccc2)c1. The Morgan fingerprint density at radius 2 is 1.78 bits per heavy atom. The Morgan fingerprint density at radius 3 is 2.50 bits per heavy atom. The van der Waals surface area contributed by atoms with Gasteiger partial charge in [-0.2, -0.15) is 0 Å². The average Bonchev–Trinajstić information content (AvgIpc) is 2.40. The van der Waals surface area contributed by atoms with Crippen LogP contribution in [0.25, 0.3) is 0 Å². The predicted molar refractivity (Wildman–Crippen MR) is 77.4 cm³/mol. The van der Waals surface area contributed by atoms with E-state index in [0.717, 1.165) is 21.6 Å². The lowest BCUT2D eigenvalue weighted by atomic mass is 10.0. The van der Waals surface area contributed by atoms with Gasteiger partial charge in [0.15, 0.2) is 5.78 Å². The van der Waals surface area contributed by atoms with Gasteiger partial charge >= 0.3 is 0 Å². The maximum Gasteiger partial charge on any atom is 0.173 e. The summed E-state index contributed by atoms with van der Waals surface area (Å²) in [5.41, 5.74) is 3.03. The van der Waals surface area contributed by atoms with E-state index in [-0.39, 0.29) is 5.78 Å². The zero-order valence-electron chi connectivity index (χ0n) is 10.6. The molecule has 0 heterocycles. The first kappa shape index (κ1) is 12.9. The standard InChI is InChI=1S/C16H16OS/c1-12-8-9-13(2)15(10-12)16(17)11-18-14-6-4-3-5-7-14/h3-10H,11H2,1-2H3. The number of carbonyl (C=O) groups is 1. The van der Waals surface area contributed by atoms with Crippen molar-refractivity contribution in [2.45, 2.75) is 18.7 Å². The summed E-state index contributed by atoms with van der Waals surface area (Å²) in [6.45, 7) is 4.00. The van der Waals surface area contributed by atoms with E-state index in [1.807, 2.05) is 62.4 Å². The largest absolute Gasteiger partial charge is 0.293 e. The summed E-state index contributed by atoms with van der Waals surface area (Å²) in [5, 5.41) is 0. The molecule has 0 aliphatic carbocycles. The number of carbonyl (C=O) groups excluding carboxylic acids is 1. The Morgan fingerprint density at radius 1 is 1.06 bits per heavy atom. The van der Waals surface area contributed by atoms with Crippen LogP contribution < -0.4 is 0 Å². The Kier molecular flexibility index (Phi) is 4.21. The minimum Gasteiger partial charge on any atom is -0.293 e. The molecule has 0 amide bonds. The Hall–Kier alpha value is -1.54. The summed E-state index contributed by atoms with van der Waals surface area (Å²) >= 11 is 1.59. The molecule has 2 heteroatoms. The van der Waals surface area contributed by atoms with Gasteiger partial charge in [-0.15, -0.1) is 11.8 Å². The normalized spacial score (nSPS) is 10.3. The van der Waals surface area contributed by atoms with E-state index >= 15 is 0 Å². The van der Waals surface area contributed by atoms with Crippen molar-refractivity contribution in [1.29, 1.82) is 0 Å². The van der Waals surface area contributed by atoms with Gasteiger partial charge in [-0.1, -0.05) is 35.9 Å². The minimum absolute atomic E-state index is 0.199. The molecule has 0 atom stereocenters. The maximum atomic E-state index is 12.2. The van der Waals surface area contributed by atoms with Crippen molar-refractivity contribution >= 4 is 17.5 Å². The summed E-state index contributed by atoms with van der Waals surface area (Å²) in [6.07, 6.45) is 0. The van der Waals surface area contributed by atoms with E-state index in [0.29, 0.717) is 5.75 Å². The highest BCUT2D eigenvalue weighted by molar-refractivity contribution is 8.00. The minimum atomic E-state index is 0.199. The van der Waals surface area contributed by atoms with Crippen molar-refractivity contribution in [1.82, 2.24) is 0 Å². The Balaban J connectivity index is 2.06.